The monoisotopic (exact) mass is 356 g/mol. The van der Waals surface area contributed by atoms with Gasteiger partial charge in [0.05, 0.1) is 10.0 Å². The first kappa shape index (κ1) is 16.3. The van der Waals surface area contributed by atoms with Crippen LogP contribution in [0.5, 0.6) is 0 Å². The molecule has 1 aromatic carbocycles. The van der Waals surface area contributed by atoms with Crippen molar-refractivity contribution in [2.75, 3.05) is 13.1 Å². The molecule has 0 aromatic heterocycles. The molecule has 4 nitrogen and oxygen atoms in total. The maximum absolute atomic E-state index is 12.7. The van der Waals surface area contributed by atoms with Crippen LogP contribution in [0.15, 0.2) is 17.0 Å². The summed E-state index contributed by atoms with van der Waals surface area (Å²) in [6.07, 6.45) is 0.800. The van der Waals surface area contributed by atoms with Crippen molar-refractivity contribution in [3.8, 4) is 0 Å². The van der Waals surface area contributed by atoms with E-state index in [0.29, 0.717) is 11.6 Å². The summed E-state index contributed by atoms with van der Waals surface area (Å²) >= 11 is 17.8. The van der Waals surface area contributed by atoms with Crippen LogP contribution in [-0.2, 0) is 10.0 Å². The summed E-state index contributed by atoms with van der Waals surface area (Å²) in [4.78, 5) is -0.105. The SMILES string of the molecule is CC1CC(N)CN(S(=O)(=O)c2c(Cl)cc(Cl)cc2Cl)C1. The number of nitrogens with two attached hydrogens (primary N) is 1. The van der Waals surface area contributed by atoms with Crippen molar-refractivity contribution in [3.05, 3.63) is 27.2 Å². The number of benzene rings is 1. The van der Waals surface area contributed by atoms with Crippen molar-refractivity contribution in [3.63, 3.8) is 0 Å². The number of rotatable bonds is 2. The third kappa shape index (κ3) is 3.24. The molecule has 1 aliphatic rings. The minimum absolute atomic E-state index is 0.0225. The molecule has 112 valence electrons. The van der Waals surface area contributed by atoms with Gasteiger partial charge < -0.3 is 5.73 Å². The van der Waals surface area contributed by atoms with Crippen LogP contribution in [0.4, 0.5) is 0 Å². The highest BCUT2D eigenvalue weighted by molar-refractivity contribution is 7.89. The Morgan fingerprint density at radius 2 is 1.75 bits per heavy atom. The van der Waals surface area contributed by atoms with E-state index in [0.717, 1.165) is 6.42 Å². The normalized spacial score (nSPS) is 24.9. The zero-order chi connectivity index (χ0) is 15.1. The van der Waals surface area contributed by atoms with Crippen LogP contribution in [0.3, 0.4) is 0 Å². The van der Waals surface area contributed by atoms with E-state index in [1.807, 2.05) is 6.92 Å². The van der Waals surface area contributed by atoms with Crippen LogP contribution in [0.2, 0.25) is 15.1 Å². The second-order valence-electron chi connectivity index (χ2n) is 5.12. The number of hydrogen-bond donors (Lipinski definition) is 1. The summed E-state index contributed by atoms with van der Waals surface area (Å²) in [5, 5.41) is 0.339. The Morgan fingerprint density at radius 1 is 1.20 bits per heavy atom. The highest BCUT2D eigenvalue weighted by atomic mass is 35.5. The number of piperidine rings is 1. The van der Waals surface area contributed by atoms with Gasteiger partial charge in [-0.1, -0.05) is 41.7 Å². The molecule has 2 atom stereocenters. The quantitative estimate of drug-likeness (QED) is 0.885. The Labute approximate surface area is 133 Å². The van der Waals surface area contributed by atoms with Crippen LogP contribution in [-0.4, -0.2) is 31.9 Å². The molecule has 0 saturated carbocycles. The third-order valence-corrected chi connectivity index (χ3v) is 6.19. The fourth-order valence-electron chi connectivity index (χ4n) is 2.45. The summed E-state index contributed by atoms with van der Waals surface area (Å²) in [6.45, 7) is 2.64. The first-order chi connectivity index (χ1) is 9.21. The molecule has 0 spiro atoms. The summed E-state index contributed by atoms with van der Waals surface area (Å²) in [7, 11) is -3.78. The highest BCUT2D eigenvalue weighted by Crippen LogP contribution is 2.35. The van der Waals surface area contributed by atoms with Gasteiger partial charge >= 0.3 is 0 Å². The van der Waals surface area contributed by atoms with Gasteiger partial charge in [-0.2, -0.15) is 4.31 Å². The predicted molar refractivity (Wildman–Crippen MR) is 82.0 cm³/mol. The Balaban J connectivity index is 2.45. The lowest BCUT2D eigenvalue weighted by atomic mass is 9.99. The van der Waals surface area contributed by atoms with Crippen LogP contribution in [0.1, 0.15) is 13.3 Å². The molecule has 20 heavy (non-hydrogen) atoms. The largest absolute Gasteiger partial charge is 0.326 e. The van der Waals surface area contributed by atoms with Crippen molar-refractivity contribution in [2.24, 2.45) is 11.7 Å². The molecule has 0 aliphatic carbocycles. The topological polar surface area (TPSA) is 63.4 Å². The van der Waals surface area contributed by atoms with E-state index in [9.17, 15) is 8.42 Å². The van der Waals surface area contributed by atoms with Gasteiger partial charge in [-0.25, -0.2) is 8.42 Å². The summed E-state index contributed by atoms with van der Waals surface area (Å²) in [6, 6.07) is 2.56. The van der Waals surface area contributed by atoms with Crippen molar-refractivity contribution >= 4 is 44.8 Å². The zero-order valence-corrected chi connectivity index (χ0v) is 13.9. The molecule has 0 radical (unpaired) electrons. The molecule has 1 aromatic rings. The average molecular weight is 358 g/mol. The number of hydrogen-bond acceptors (Lipinski definition) is 3. The fraction of sp³-hybridized carbons (Fsp3) is 0.500. The van der Waals surface area contributed by atoms with E-state index in [1.165, 1.54) is 16.4 Å². The molecule has 2 unspecified atom stereocenters. The average Bonchev–Trinajstić information content (AvgIpc) is 2.25. The maximum Gasteiger partial charge on any atom is 0.246 e. The van der Waals surface area contributed by atoms with Gasteiger partial charge in [0.2, 0.25) is 10.0 Å². The Bertz CT molecular complexity index is 588. The first-order valence-electron chi connectivity index (χ1n) is 6.12. The molecular formula is C12H15Cl3N2O2S. The van der Waals surface area contributed by atoms with Crippen LogP contribution in [0.25, 0.3) is 0 Å². The van der Waals surface area contributed by atoms with Crippen molar-refractivity contribution < 1.29 is 8.42 Å². The third-order valence-electron chi connectivity index (χ3n) is 3.22. The minimum atomic E-state index is -3.78. The number of halogens is 3. The standard InChI is InChI=1S/C12H15Cl3N2O2S/c1-7-2-9(16)6-17(5-7)20(18,19)12-10(14)3-8(13)4-11(12)15/h3-4,7,9H,2,5-6,16H2,1H3. The second-order valence-corrected chi connectivity index (χ2v) is 8.25. The molecule has 1 fully saturated rings. The van der Waals surface area contributed by atoms with Gasteiger partial charge in [0.1, 0.15) is 4.90 Å². The highest BCUT2D eigenvalue weighted by Gasteiger charge is 2.34. The van der Waals surface area contributed by atoms with E-state index in [-0.39, 0.29) is 33.4 Å². The second kappa shape index (κ2) is 5.99. The minimum Gasteiger partial charge on any atom is -0.326 e. The van der Waals surface area contributed by atoms with Gasteiger partial charge in [0, 0.05) is 24.2 Å². The maximum atomic E-state index is 12.7. The Morgan fingerprint density at radius 3 is 2.25 bits per heavy atom. The van der Waals surface area contributed by atoms with Gasteiger partial charge in [-0.15, -0.1) is 0 Å². The van der Waals surface area contributed by atoms with E-state index in [4.69, 9.17) is 40.5 Å². The lowest BCUT2D eigenvalue weighted by Gasteiger charge is -2.34. The van der Waals surface area contributed by atoms with E-state index < -0.39 is 10.0 Å². The summed E-state index contributed by atoms with van der Waals surface area (Å²) in [5.41, 5.74) is 5.90. The molecule has 2 N–H and O–H groups in total. The number of nitrogens with zero attached hydrogens (tertiary/aromatic N) is 1. The molecule has 1 heterocycles. The summed E-state index contributed by atoms with van der Waals surface area (Å²) < 4.78 is 26.7. The van der Waals surface area contributed by atoms with Crippen LogP contribution < -0.4 is 5.73 Å². The molecule has 1 saturated heterocycles. The van der Waals surface area contributed by atoms with E-state index >= 15 is 0 Å². The van der Waals surface area contributed by atoms with Gasteiger partial charge in [-0.05, 0) is 24.5 Å². The summed E-state index contributed by atoms with van der Waals surface area (Å²) in [5.74, 6) is 0.193. The van der Waals surface area contributed by atoms with Crippen molar-refractivity contribution in [1.82, 2.24) is 4.31 Å². The Hall–Kier alpha value is -0.0400. The first-order valence-corrected chi connectivity index (χ1v) is 8.69. The van der Waals surface area contributed by atoms with Crippen LogP contribution in [0, 0.1) is 5.92 Å². The number of sulfonamides is 1. The molecular weight excluding hydrogens is 343 g/mol. The van der Waals surface area contributed by atoms with Crippen molar-refractivity contribution in [1.29, 1.82) is 0 Å². The van der Waals surface area contributed by atoms with E-state index in [2.05, 4.69) is 0 Å². The molecule has 1 aliphatic heterocycles. The molecule has 2 rings (SSSR count). The molecule has 0 bridgehead atoms. The molecule has 8 heteroatoms. The lowest BCUT2D eigenvalue weighted by Crippen LogP contribution is -2.48. The van der Waals surface area contributed by atoms with Crippen LogP contribution >= 0.6 is 34.8 Å². The smallest absolute Gasteiger partial charge is 0.246 e. The van der Waals surface area contributed by atoms with Gasteiger partial charge in [0.25, 0.3) is 0 Å². The Kier molecular flexibility index (Phi) is 4.89. The molecule has 0 amide bonds. The van der Waals surface area contributed by atoms with Crippen molar-refractivity contribution in [2.45, 2.75) is 24.3 Å². The van der Waals surface area contributed by atoms with E-state index in [1.54, 1.807) is 0 Å². The van der Waals surface area contributed by atoms with Gasteiger partial charge in [-0.3, -0.25) is 0 Å². The fourth-order valence-corrected chi connectivity index (χ4v) is 5.56. The zero-order valence-electron chi connectivity index (χ0n) is 10.8. The predicted octanol–water partition coefficient (Wildman–Crippen LogP) is 3.00. The van der Waals surface area contributed by atoms with Gasteiger partial charge in [0.15, 0.2) is 0 Å². The lowest BCUT2D eigenvalue weighted by molar-refractivity contribution is 0.254.